The third-order valence-electron chi connectivity index (χ3n) is 4.81. The highest BCUT2D eigenvalue weighted by Crippen LogP contribution is 2.39. The van der Waals surface area contributed by atoms with Crippen LogP contribution in [0.5, 0.6) is 5.75 Å². The fourth-order valence-corrected chi connectivity index (χ4v) is 5.06. The lowest BCUT2D eigenvalue weighted by Gasteiger charge is -2.37. The number of carbonyl (C=O) groups excluding carboxylic acids is 1. The van der Waals surface area contributed by atoms with Crippen LogP contribution in [0, 0.1) is 0 Å². The molecule has 7 nitrogen and oxygen atoms in total. The first-order valence-corrected chi connectivity index (χ1v) is 10.8. The Morgan fingerprint density at radius 1 is 0.967 bits per heavy atom. The number of hydrogen-bond acceptors (Lipinski definition) is 5. The number of primary amides is 1. The summed E-state index contributed by atoms with van der Waals surface area (Å²) in [5.74, 6) is -0.0870. The molecule has 30 heavy (non-hydrogen) atoms. The highest BCUT2D eigenvalue weighted by Gasteiger charge is 2.38. The number of fused-ring (bicyclic) bond motifs is 1. The molecule has 0 saturated heterocycles. The Morgan fingerprint density at radius 3 is 2.33 bits per heavy atom. The zero-order chi connectivity index (χ0) is 21.1. The summed E-state index contributed by atoms with van der Waals surface area (Å²) in [6.07, 6.45) is -0.602. The number of benzene rings is 3. The van der Waals surface area contributed by atoms with Gasteiger partial charge in [-0.05, 0) is 35.4 Å². The highest BCUT2D eigenvalue weighted by molar-refractivity contribution is 7.89. The molecule has 1 atom stereocenters. The molecule has 8 heteroatoms. The Bertz CT molecular complexity index is 1150. The number of ether oxygens (including phenoxy) is 1. The minimum Gasteiger partial charge on any atom is -0.484 e. The number of nitrogens with one attached hydrogen (secondary N) is 1. The number of nitrogens with zero attached hydrogens (tertiary/aromatic N) is 1. The molecule has 4 rings (SSSR count). The van der Waals surface area contributed by atoms with Gasteiger partial charge in [0, 0.05) is 6.54 Å². The second-order valence-electron chi connectivity index (χ2n) is 6.90. The second-order valence-corrected chi connectivity index (χ2v) is 8.76. The molecule has 0 aliphatic carbocycles. The SMILES string of the molecule is NC(=O)COc1ccc(C2Nc3ccccc3S(=O)(=O)N2Cc2ccccc2)cc1. The molecular weight excluding hydrogens is 402 g/mol. The quantitative estimate of drug-likeness (QED) is 0.635. The number of hydrogen-bond donors (Lipinski definition) is 2. The number of amides is 1. The molecule has 1 unspecified atom stereocenters. The fraction of sp³-hybridized carbons (Fsp3) is 0.136. The number of sulfonamides is 1. The van der Waals surface area contributed by atoms with Crippen LogP contribution in [0.1, 0.15) is 17.3 Å². The largest absolute Gasteiger partial charge is 0.484 e. The van der Waals surface area contributed by atoms with Crippen molar-refractivity contribution < 1.29 is 17.9 Å². The molecule has 0 aromatic heterocycles. The molecule has 1 amide bonds. The van der Waals surface area contributed by atoms with E-state index in [9.17, 15) is 13.2 Å². The van der Waals surface area contributed by atoms with E-state index in [2.05, 4.69) is 5.32 Å². The van der Waals surface area contributed by atoms with Crippen LogP contribution < -0.4 is 15.8 Å². The third kappa shape index (κ3) is 4.00. The van der Waals surface area contributed by atoms with E-state index >= 15 is 0 Å². The predicted molar refractivity (Wildman–Crippen MR) is 113 cm³/mol. The first kappa shape index (κ1) is 19.9. The summed E-state index contributed by atoms with van der Waals surface area (Å²) in [7, 11) is -3.73. The van der Waals surface area contributed by atoms with Crippen LogP contribution in [0.2, 0.25) is 0 Å². The van der Waals surface area contributed by atoms with Crippen molar-refractivity contribution >= 4 is 21.6 Å². The smallest absolute Gasteiger partial charge is 0.255 e. The molecule has 0 radical (unpaired) electrons. The average molecular weight is 423 g/mol. The van der Waals surface area contributed by atoms with Gasteiger partial charge in [-0.15, -0.1) is 0 Å². The molecule has 0 fully saturated rings. The summed E-state index contributed by atoms with van der Waals surface area (Å²) in [6.45, 7) is -0.00197. The minimum atomic E-state index is -3.73. The van der Waals surface area contributed by atoms with Gasteiger partial charge in [-0.3, -0.25) is 4.79 Å². The lowest BCUT2D eigenvalue weighted by atomic mass is 10.1. The van der Waals surface area contributed by atoms with Crippen LogP contribution in [-0.4, -0.2) is 25.2 Å². The van der Waals surface area contributed by atoms with Gasteiger partial charge in [0.15, 0.2) is 6.61 Å². The van der Waals surface area contributed by atoms with E-state index in [1.807, 2.05) is 30.3 Å². The summed E-state index contributed by atoms with van der Waals surface area (Å²) in [4.78, 5) is 11.2. The normalized spacial score (nSPS) is 17.5. The maximum atomic E-state index is 13.4. The molecular formula is C22H21N3O4S. The van der Waals surface area contributed by atoms with Crippen molar-refractivity contribution in [3.05, 3.63) is 90.0 Å². The number of rotatable bonds is 6. The molecule has 0 bridgehead atoms. The Morgan fingerprint density at radius 2 is 1.63 bits per heavy atom. The number of anilines is 1. The number of carbonyl (C=O) groups is 1. The van der Waals surface area contributed by atoms with Crippen LogP contribution in [-0.2, 0) is 21.4 Å². The Labute approximate surface area is 175 Å². The molecule has 1 heterocycles. The maximum absolute atomic E-state index is 13.4. The monoisotopic (exact) mass is 423 g/mol. The van der Waals surface area contributed by atoms with Gasteiger partial charge < -0.3 is 15.8 Å². The lowest BCUT2D eigenvalue weighted by Crippen LogP contribution is -2.42. The molecule has 1 aliphatic rings. The summed E-state index contributed by atoms with van der Waals surface area (Å²) in [5, 5.41) is 3.34. The first-order valence-electron chi connectivity index (χ1n) is 9.37. The van der Waals surface area contributed by atoms with Gasteiger partial charge >= 0.3 is 0 Å². The topological polar surface area (TPSA) is 102 Å². The highest BCUT2D eigenvalue weighted by atomic mass is 32.2. The van der Waals surface area contributed by atoms with E-state index < -0.39 is 22.1 Å². The molecule has 3 aromatic carbocycles. The van der Waals surface area contributed by atoms with Crippen LogP contribution >= 0.6 is 0 Å². The van der Waals surface area contributed by atoms with Crippen molar-refractivity contribution in [1.29, 1.82) is 0 Å². The summed E-state index contributed by atoms with van der Waals surface area (Å²) in [6, 6.07) is 23.2. The van der Waals surface area contributed by atoms with Crippen LogP contribution in [0.15, 0.2) is 83.8 Å². The number of para-hydroxylation sites is 1. The zero-order valence-corrected chi connectivity index (χ0v) is 16.9. The van der Waals surface area contributed by atoms with Crippen LogP contribution in [0.4, 0.5) is 5.69 Å². The van der Waals surface area contributed by atoms with Crippen molar-refractivity contribution in [3.63, 3.8) is 0 Å². The van der Waals surface area contributed by atoms with Crippen LogP contribution in [0.3, 0.4) is 0 Å². The average Bonchev–Trinajstić information content (AvgIpc) is 2.75. The van der Waals surface area contributed by atoms with Crippen molar-refractivity contribution in [2.45, 2.75) is 17.6 Å². The predicted octanol–water partition coefficient (Wildman–Crippen LogP) is 2.87. The molecule has 0 spiro atoms. The molecule has 3 N–H and O–H groups in total. The fourth-order valence-electron chi connectivity index (χ4n) is 3.39. The van der Waals surface area contributed by atoms with Crippen molar-refractivity contribution in [1.82, 2.24) is 4.31 Å². The zero-order valence-electron chi connectivity index (χ0n) is 16.1. The van der Waals surface area contributed by atoms with Gasteiger partial charge in [0.05, 0.1) is 5.69 Å². The Balaban J connectivity index is 1.71. The summed E-state index contributed by atoms with van der Waals surface area (Å²) in [5.41, 5.74) is 7.29. The lowest BCUT2D eigenvalue weighted by molar-refractivity contribution is -0.119. The molecule has 1 aliphatic heterocycles. The van der Waals surface area contributed by atoms with Crippen molar-refractivity contribution in [2.75, 3.05) is 11.9 Å². The van der Waals surface area contributed by atoms with Gasteiger partial charge in [-0.1, -0.05) is 54.6 Å². The maximum Gasteiger partial charge on any atom is 0.255 e. The van der Waals surface area contributed by atoms with Gasteiger partial charge in [0.2, 0.25) is 10.0 Å². The second kappa shape index (κ2) is 8.17. The van der Waals surface area contributed by atoms with Crippen LogP contribution in [0.25, 0.3) is 0 Å². The van der Waals surface area contributed by atoms with E-state index in [0.717, 1.165) is 11.1 Å². The minimum absolute atomic E-state index is 0.217. The third-order valence-corrected chi connectivity index (χ3v) is 6.68. The number of nitrogens with two attached hydrogens (primary N) is 1. The Kier molecular flexibility index (Phi) is 5.43. The first-order chi connectivity index (χ1) is 14.4. The van der Waals surface area contributed by atoms with E-state index in [1.54, 1.807) is 48.5 Å². The van der Waals surface area contributed by atoms with Gasteiger partial charge in [-0.2, -0.15) is 4.31 Å². The van der Waals surface area contributed by atoms with E-state index in [4.69, 9.17) is 10.5 Å². The van der Waals surface area contributed by atoms with E-state index in [0.29, 0.717) is 11.4 Å². The van der Waals surface area contributed by atoms with Gasteiger partial charge in [0.1, 0.15) is 16.8 Å². The summed E-state index contributed by atoms with van der Waals surface area (Å²) < 4.78 is 33.6. The van der Waals surface area contributed by atoms with E-state index in [1.165, 1.54) is 4.31 Å². The molecule has 0 saturated carbocycles. The molecule has 154 valence electrons. The van der Waals surface area contributed by atoms with Gasteiger partial charge in [-0.25, -0.2) is 8.42 Å². The van der Waals surface area contributed by atoms with Crippen molar-refractivity contribution in [2.24, 2.45) is 5.73 Å². The van der Waals surface area contributed by atoms with Gasteiger partial charge in [0.25, 0.3) is 5.91 Å². The Hall–Kier alpha value is -3.36. The summed E-state index contributed by atoms with van der Waals surface area (Å²) >= 11 is 0. The van der Waals surface area contributed by atoms with E-state index in [-0.39, 0.29) is 18.0 Å². The standard InChI is InChI=1S/C22H21N3O4S/c23-21(26)15-29-18-12-10-17(11-13-18)22-24-19-8-4-5-9-20(19)30(27,28)25(22)14-16-6-2-1-3-7-16/h1-13,22,24H,14-15H2,(H2,23,26). The molecule has 3 aromatic rings. The van der Waals surface area contributed by atoms with Crippen molar-refractivity contribution in [3.8, 4) is 5.75 Å².